The summed E-state index contributed by atoms with van der Waals surface area (Å²) in [6, 6.07) is 5.83. The van der Waals surface area contributed by atoms with Crippen LogP contribution in [0.15, 0.2) is 24.3 Å². The molecule has 0 aromatic heterocycles. The highest BCUT2D eigenvalue weighted by atomic mass is 19.1. The van der Waals surface area contributed by atoms with E-state index in [-0.39, 0.29) is 29.3 Å². The molecule has 3 saturated heterocycles. The highest BCUT2D eigenvalue weighted by Crippen LogP contribution is 2.37. The summed E-state index contributed by atoms with van der Waals surface area (Å²) in [6.07, 6.45) is -0.193. The standard InChI is InChI=1S/C17H23FN2O2/c1-17(2,3)19-9-13-8-14(10-19)20(13)16(22)15(21)11-4-6-12(18)7-5-11/h4-7,13-15,21H,8-10H2,1-3H3. The molecular formula is C17H23FN2O2. The van der Waals surface area contributed by atoms with E-state index in [9.17, 15) is 14.3 Å². The molecule has 3 unspecified atom stereocenters. The lowest BCUT2D eigenvalue weighted by atomic mass is 9.84. The summed E-state index contributed by atoms with van der Waals surface area (Å²) < 4.78 is 12.9. The molecule has 4 nitrogen and oxygen atoms in total. The van der Waals surface area contributed by atoms with Gasteiger partial charge >= 0.3 is 0 Å². The average molecular weight is 306 g/mol. The summed E-state index contributed by atoms with van der Waals surface area (Å²) in [5.41, 5.74) is 0.547. The smallest absolute Gasteiger partial charge is 0.256 e. The molecule has 1 N–H and O–H groups in total. The van der Waals surface area contributed by atoms with Crippen LogP contribution in [0.5, 0.6) is 0 Å². The topological polar surface area (TPSA) is 43.8 Å². The molecular weight excluding hydrogens is 283 g/mol. The Labute approximate surface area is 130 Å². The van der Waals surface area contributed by atoms with Gasteiger partial charge in [-0.25, -0.2) is 4.39 Å². The van der Waals surface area contributed by atoms with Crippen LogP contribution in [-0.2, 0) is 4.79 Å². The first-order valence-electron chi connectivity index (χ1n) is 7.78. The molecule has 0 saturated carbocycles. The normalized spacial score (nSPS) is 26.5. The van der Waals surface area contributed by atoms with Crippen LogP contribution in [0.4, 0.5) is 4.39 Å². The van der Waals surface area contributed by atoms with Crippen molar-refractivity contribution in [2.24, 2.45) is 0 Å². The number of piperidine rings is 1. The van der Waals surface area contributed by atoms with E-state index in [0.717, 1.165) is 19.5 Å². The van der Waals surface area contributed by atoms with Gasteiger partial charge in [0, 0.05) is 30.7 Å². The van der Waals surface area contributed by atoms with Gasteiger partial charge in [0.25, 0.3) is 5.91 Å². The zero-order valence-corrected chi connectivity index (χ0v) is 13.3. The van der Waals surface area contributed by atoms with Crippen LogP contribution in [0.25, 0.3) is 0 Å². The first kappa shape index (κ1) is 15.4. The molecule has 3 heterocycles. The predicted molar refractivity (Wildman–Crippen MR) is 81.7 cm³/mol. The number of aliphatic hydroxyl groups is 1. The molecule has 1 amide bonds. The van der Waals surface area contributed by atoms with Crippen molar-refractivity contribution in [3.05, 3.63) is 35.6 Å². The zero-order chi connectivity index (χ0) is 16.1. The number of amides is 1. The molecule has 120 valence electrons. The molecule has 2 bridgehead atoms. The summed E-state index contributed by atoms with van der Waals surface area (Å²) in [7, 11) is 0. The van der Waals surface area contributed by atoms with E-state index in [1.54, 1.807) is 0 Å². The monoisotopic (exact) mass is 306 g/mol. The van der Waals surface area contributed by atoms with Crippen molar-refractivity contribution in [3.63, 3.8) is 0 Å². The van der Waals surface area contributed by atoms with Gasteiger partial charge in [0.1, 0.15) is 5.82 Å². The summed E-state index contributed by atoms with van der Waals surface area (Å²) in [4.78, 5) is 16.7. The van der Waals surface area contributed by atoms with Gasteiger partial charge in [0.2, 0.25) is 0 Å². The number of benzene rings is 1. The fourth-order valence-corrected chi connectivity index (χ4v) is 3.45. The SMILES string of the molecule is CC(C)(C)N1CC2CC(C1)N2C(=O)C(O)c1ccc(F)cc1. The van der Waals surface area contributed by atoms with E-state index < -0.39 is 6.10 Å². The lowest BCUT2D eigenvalue weighted by Crippen LogP contribution is -2.72. The van der Waals surface area contributed by atoms with E-state index >= 15 is 0 Å². The molecule has 3 atom stereocenters. The van der Waals surface area contributed by atoms with Gasteiger partial charge in [-0.3, -0.25) is 9.69 Å². The summed E-state index contributed by atoms with van der Waals surface area (Å²) in [5, 5.41) is 10.3. The van der Waals surface area contributed by atoms with Crippen LogP contribution in [0, 0.1) is 5.82 Å². The van der Waals surface area contributed by atoms with Gasteiger partial charge < -0.3 is 10.0 Å². The minimum atomic E-state index is -1.20. The van der Waals surface area contributed by atoms with Crippen LogP contribution < -0.4 is 0 Å². The van der Waals surface area contributed by atoms with Gasteiger partial charge in [0.15, 0.2) is 6.10 Å². The minimum absolute atomic E-state index is 0.0988. The second-order valence-electron chi connectivity index (χ2n) is 7.32. The van der Waals surface area contributed by atoms with E-state index in [1.165, 1.54) is 24.3 Å². The van der Waals surface area contributed by atoms with E-state index in [2.05, 4.69) is 25.7 Å². The first-order valence-corrected chi connectivity index (χ1v) is 7.78. The number of carbonyl (C=O) groups is 1. The van der Waals surface area contributed by atoms with Gasteiger partial charge in [-0.15, -0.1) is 0 Å². The minimum Gasteiger partial charge on any atom is -0.378 e. The second-order valence-corrected chi connectivity index (χ2v) is 7.32. The highest BCUT2D eigenvalue weighted by molar-refractivity contribution is 5.83. The Hall–Kier alpha value is -1.46. The molecule has 0 radical (unpaired) electrons. The van der Waals surface area contributed by atoms with Crippen molar-refractivity contribution in [1.82, 2.24) is 9.80 Å². The number of rotatable bonds is 2. The maximum atomic E-state index is 12.9. The lowest BCUT2D eigenvalue weighted by Gasteiger charge is -2.59. The predicted octanol–water partition coefficient (Wildman–Crippen LogP) is 1.94. The van der Waals surface area contributed by atoms with Crippen LogP contribution in [0.2, 0.25) is 0 Å². The summed E-state index contributed by atoms with van der Waals surface area (Å²) in [6.45, 7) is 8.23. The van der Waals surface area contributed by atoms with Gasteiger partial charge in [-0.2, -0.15) is 0 Å². The molecule has 4 rings (SSSR count). The fourth-order valence-electron chi connectivity index (χ4n) is 3.45. The van der Waals surface area contributed by atoms with Gasteiger partial charge in [0.05, 0.1) is 0 Å². The summed E-state index contributed by atoms with van der Waals surface area (Å²) in [5.74, 6) is -0.633. The molecule has 0 spiro atoms. The molecule has 3 aliphatic heterocycles. The largest absolute Gasteiger partial charge is 0.378 e. The van der Waals surface area contributed by atoms with E-state index in [4.69, 9.17) is 0 Å². The third-order valence-corrected chi connectivity index (χ3v) is 4.82. The number of carbonyl (C=O) groups excluding carboxylic acids is 1. The third-order valence-electron chi connectivity index (χ3n) is 4.82. The highest BCUT2D eigenvalue weighted by Gasteiger charge is 2.50. The average Bonchev–Trinajstić information content (AvgIpc) is 2.46. The Morgan fingerprint density at radius 2 is 1.77 bits per heavy atom. The first-order chi connectivity index (χ1) is 10.3. The van der Waals surface area contributed by atoms with Crippen LogP contribution in [0.1, 0.15) is 38.9 Å². The van der Waals surface area contributed by atoms with Crippen molar-refractivity contribution in [2.45, 2.75) is 50.9 Å². The van der Waals surface area contributed by atoms with Crippen LogP contribution in [-0.4, -0.2) is 51.5 Å². The van der Waals surface area contributed by atoms with Gasteiger partial charge in [-0.05, 0) is 44.9 Å². The van der Waals surface area contributed by atoms with Crippen molar-refractivity contribution in [2.75, 3.05) is 13.1 Å². The van der Waals surface area contributed by atoms with Crippen LogP contribution in [0.3, 0.4) is 0 Å². The van der Waals surface area contributed by atoms with Crippen molar-refractivity contribution < 1.29 is 14.3 Å². The Balaban J connectivity index is 1.69. The second kappa shape index (κ2) is 5.32. The quantitative estimate of drug-likeness (QED) is 0.908. The number of fused-ring (bicyclic) bond motifs is 2. The molecule has 0 aliphatic carbocycles. The van der Waals surface area contributed by atoms with E-state index in [0.29, 0.717) is 5.56 Å². The number of aliphatic hydroxyl groups excluding tert-OH is 1. The number of hydrogen-bond donors (Lipinski definition) is 1. The van der Waals surface area contributed by atoms with Crippen molar-refractivity contribution in [1.29, 1.82) is 0 Å². The molecule has 1 aromatic carbocycles. The Bertz CT molecular complexity index is 555. The number of nitrogens with zero attached hydrogens (tertiary/aromatic N) is 2. The number of hydrogen-bond acceptors (Lipinski definition) is 3. The summed E-state index contributed by atoms with van der Waals surface area (Å²) >= 11 is 0. The molecule has 3 aliphatic rings. The maximum absolute atomic E-state index is 12.9. The number of halogens is 1. The molecule has 5 heteroatoms. The zero-order valence-electron chi connectivity index (χ0n) is 13.3. The Kier molecular flexibility index (Phi) is 3.73. The maximum Gasteiger partial charge on any atom is 0.256 e. The lowest BCUT2D eigenvalue weighted by molar-refractivity contribution is -0.167. The third kappa shape index (κ3) is 2.63. The molecule has 1 aromatic rings. The molecule has 22 heavy (non-hydrogen) atoms. The van der Waals surface area contributed by atoms with Gasteiger partial charge in [-0.1, -0.05) is 12.1 Å². The van der Waals surface area contributed by atoms with Crippen molar-refractivity contribution in [3.8, 4) is 0 Å². The van der Waals surface area contributed by atoms with Crippen molar-refractivity contribution >= 4 is 5.91 Å². The molecule has 3 fully saturated rings. The van der Waals surface area contributed by atoms with E-state index in [1.807, 2.05) is 4.90 Å². The Morgan fingerprint density at radius 3 is 2.27 bits per heavy atom. The Morgan fingerprint density at radius 1 is 1.23 bits per heavy atom. The van der Waals surface area contributed by atoms with Crippen LogP contribution >= 0.6 is 0 Å². The fraction of sp³-hybridized carbons (Fsp3) is 0.588. The number of piperazine rings is 1.